The SMILES string of the molecule is CN/C1=C(\C=N)NC(=O)C(C)CCCC(N2CCC(c3cc(Cl)ccc3Br)=CC2=O)c2cc1ccn2. The van der Waals surface area contributed by atoms with Crippen LogP contribution in [0.5, 0.6) is 0 Å². The minimum atomic E-state index is -0.229. The number of nitrogens with zero attached hydrogens (tertiary/aromatic N) is 2. The van der Waals surface area contributed by atoms with Crippen LogP contribution in [0.25, 0.3) is 11.3 Å². The van der Waals surface area contributed by atoms with Crippen LogP contribution in [0.15, 0.2) is 52.8 Å². The first-order chi connectivity index (χ1) is 17.3. The molecule has 3 N–H and O–H groups in total. The van der Waals surface area contributed by atoms with Crippen molar-refractivity contribution in [2.24, 2.45) is 5.92 Å². The Labute approximate surface area is 224 Å². The van der Waals surface area contributed by atoms with Gasteiger partial charge in [0.15, 0.2) is 0 Å². The van der Waals surface area contributed by atoms with Gasteiger partial charge in [-0.15, -0.1) is 0 Å². The van der Waals surface area contributed by atoms with E-state index >= 15 is 0 Å². The van der Waals surface area contributed by atoms with Crippen molar-refractivity contribution in [3.05, 3.63) is 74.6 Å². The number of hydrogen-bond donors (Lipinski definition) is 3. The second-order valence-corrected chi connectivity index (χ2v) is 10.4. The fourth-order valence-corrected chi connectivity index (χ4v) is 5.45. The normalized spacial score (nSPS) is 23.2. The third-order valence-corrected chi connectivity index (χ3v) is 7.68. The summed E-state index contributed by atoms with van der Waals surface area (Å²) in [6.45, 7) is 2.44. The second-order valence-electron chi connectivity index (χ2n) is 9.06. The van der Waals surface area contributed by atoms with E-state index in [9.17, 15) is 9.59 Å². The van der Waals surface area contributed by atoms with Crippen LogP contribution in [-0.2, 0) is 9.59 Å². The molecule has 3 heterocycles. The Hall–Kier alpha value is -2.97. The van der Waals surface area contributed by atoms with E-state index in [1.807, 2.05) is 42.2 Å². The lowest BCUT2D eigenvalue weighted by Crippen LogP contribution is -2.38. The standard InChI is InChI=1S/C27H29BrClN5O2/c1-16-4-3-5-24(22-12-18(8-10-32-22)26(31-2)23(15-30)33-27(16)36)34-11-9-17(13-25(34)35)20-14-19(29)6-7-21(20)28/h6-8,10,12-16,24,30-31H,3-5,9,11H2,1-2H3,(H,33,36)/b26-23+,30-15?. The number of hydrogen-bond acceptors (Lipinski definition) is 5. The summed E-state index contributed by atoms with van der Waals surface area (Å²) >= 11 is 9.79. The van der Waals surface area contributed by atoms with Crippen molar-refractivity contribution in [1.82, 2.24) is 20.5 Å². The zero-order chi connectivity index (χ0) is 25.8. The Kier molecular flexibility index (Phi) is 8.26. The van der Waals surface area contributed by atoms with Gasteiger partial charge < -0.3 is 20.9 Å². The summed E-state index contributed by atoms with van der Waals surface area (Å²) < 4.78 is 0.903. The third kappa shape index (κ3) is 5.55. The summed E-state index contributed by atoms with van der Waals surface area (Å²) in [6.07, 6.45) is 7.37. The number of allylic oxidation sites excluding steroid dienone is 1. The lowest BCUT2D eigenvalue weighted by Gasteiger charge is -2.34. The lowest BCUT2D eigenvalue weighted by atomic mass is 9.93. The van der Waals surface area contributed by atoms with E-state index < -0.39 is 0 Å². The molecular weight excluding hydrogens is 542 g/mol. The molecule has 9 heteroatoms. The molecule has 4 rings (SSSR count). The first-order valence-corrected chi connectivity index (χ1v) is 13.2. The fraction of sp³-hybridized carbons (Fsp3) is 0.333. The number of nitrogens with one attached hydrogen (secondary N) is 3. The summed E-state index contributed by atoms with van der Waals surface area (Å²) in [5, 5.41) is 14.5. The van der Waals surface area contributed by atoms with E-state index in [4.69, 9.17) is 17.0 Å². The van der Waals surface area contributed by atoms with Crippen LogP contribution in [0.4, 0.5) is 0 Å². The van der Waals surface area contributed by atoms with Gasteiger partial charge in [-0.2, -0.15) is 0 Å². The first-order valence-electron chi connectivity index (χ1n) is 12.0. The van der Waals surface area contributed by atoms with E-state index in [1.54, 1.807) is 19.3 Å². The van der Waals surface area contributed by atoms with Gasteiger partial charge in [-0.25, -0.2) is 0 Å². The molecule has 2 bridgehead atoms. The van der Waals surface area contributed by atoms with Crippen LogP contribution in [0.3, 0.4) is 0 Å². The molecule has 188 valence electrons. The maximum Gasteiger partial charge on any atom is 0.247 e. The van der Waals surface area contributed by atoms with Crippen LogP contribution in [0.2, 0.25) is 5.02 Å². The predicted molar refractivity (Wildman–Crippen MR) is 146 cm³/mol. The third-order valence-electron chi connectivity index (χ3n) is 6.75. The van der Waals surface area contributed by atoms with E-state index in [0.29, 0.717) is 42.2 Å². The van der Waals surface area contributed by atoms with Crippen molar-refractivity contribution in [3.63, 3.8) is 0 Å². The Bertz CT molecular complexity index is 1260. The molecule has 2 aromatic rings. The van der Waals surface area contributed by atoms with Crippen LogP contribution in [-0.4, -0.2) is 41.5 Å². The van der Waals surface area contributed by atoms with Gasteiger partial charge in [-0.3, -0.25) is 14.6 Å². The number of rotatable bonds is 4. The highest BCUT2D eigenvalue weighted by Crippen LogP contribution is 2.35. The van der Waals surface area contributed by atoms with Gasteiger partial charge in [0.2, 0.25) is 11.8 Å². The van der Waals surface area contributed by atoms with Gasteiger partial charge in [0.05, 0.1) is 23.1 Å². The van der Waals surface area contributed by atoms with Gasteiger partial charge in [0.25, 0.3) is 0 Å². The molecular formula is C27H29BrClN5O2. The van der Waals surface area contributed by atoms with Gasteiger partial charge in [0, 0.05) is 53.1 Å². The van der Waals surface area contributed by atoms with Crippen LogP contribution in [0.1, 0.15) is 55.5 Å². The molecule has 2 atom stereocenters. The number of fused-ring (bicyclic) bond motifs is 2. The molecule has 0 saturated carbocycles. The van der Waals surface area contributed by atoms with Gasteiger partial charge >= 0.3 is 0 Å². The molecule has 0 saturated heterocycles. The topological polar surface area (TPSA) is 98.2 Å². The van der Waals surface area contributed by atoms with Crippen LogP contribution >= 0.6 is 27.5 Å². The molecule has 36 heavy (non-hydrogen) atoms. The summed E-state index contributed by atoms with van der Waals surface area (Å²) in [5.41, 5.74) is 4.49. The van der Waals surface area contributed by atoms with Crippen molar-refractivity contribution >= 4 is 56.8 Å². The molecule has 0 aliphatic carbocycles. The summed E-state index contributed by atoms with van der Waals surface area (Å²) in [4.78, 5) is 32.7. The molecule has 2 aliphatic heterocycles. The highest BCUT2D eigenvalue weighted by Gasteiger charge is 2.30. The Morgan fingerprint density at radius 3 is 2.78 bits per heavy atom. The number of carbonyl (C=O) groups excluding carboxylic acids is 2. The van der Waals surface area contributed by atoms with E-state index in [-0.39, 0.29) is 23.8 Å². The zero-order valence-electron chi connectivity index (χ0n) is 20.3. The first kappa shape index (κ1) is 26.1. The molecule has 2 unspecified atom stereocenters. The van der Waals surface area contributed by atoms with Crippen LogP contribution in [0, 0.1) is 11.3 Å². The molecule has 0 fully saturated rings. The Morgan fingerprint density at radius 2 is 2.06 bits per heavy atom. The van der Waals surface area contributed by atoms with Gasteiger partial charge in [-0.1, -0.05) is 40.9 Å². The average molecular weight is 571 g/mol. The number of aromatic nitrogens is 1. The average Bonchev–Trinajstić information content (AvgIpc) is 2.87. The van der Waals surface area contributed by atoms with Crippen molar-refractivity contribution in [1.29, 1.82) is 5.41 Å². The van der Waals surface area contributed by atoms with Crippen molar-refractivity contribution in [3.8, 4) is 0 Å². The van der Waals surface area contributed by atoms with Crippen molar-refractivity contribution in [2.75, 3.05) is 13.6 Å². The lowest BCUT2D eigenvalue weighted by molar-refractivity contribution is -0.129. The molecule has 0 radical (unpaired) electrons. The Balaban J connectivity index is 1.72. The predicted octanol–water partition coefficient (Wildman–Crippen LogP) is 5.33. The smallest absolute Gasteiger partial charge is 0.247 e. The molecule has 1 aromatic heterocycles. The number of benzene rings is 1. The molecule has 7 nitrogen and oxygen atoms in total. The molecule has 2 aliphatic rings. The maximum absolute atomic E-state index is 13.4. The maximum atomic E-state index is 13.4. The van der Waals surface area contributed by atoms with E-state index in [1.165, 1.54) is 0 Å². The molecule has 1 aromatic carbocycles. The number of carbonyl (C=O) groups is 2. The molecule has 2 amide bonds. The molecule has 0 spiro atoms. The summed E-state index contributed by atoms with van der Waals surface area (Å²) in [7, 11) is 1.76. The highest BCUT2D eigenvalue weighted by molar-refractivity contribution is 9.10. The number of halogens is 2. The minimum absolute atomic E-state index is 0.0669. The minimum Gasteiger partial charge on any atom is -0.386 e. The van der Waals surface area contributed by atoms with Gasteiger partial charge in [-0.05, 0) is 60.7 Å². The largest absolute Gasteiger partial charge is 0.386 e. The highest BCUT2D eigenvalue weighted by atomic mass is 79.9. The zero-order valence-corrected chi connectivity index (χ0v) is 22.6. The number of pyridine rings is 1. The van der Waals surface area contributed by atoms with Crippen molar-refractivity contribution < 1.29 is 9.59 Å². The van der Waals surface area contributed by atoms with Gasteiger partial charge in [0.1, 0.15) is 0 Å². The van der Waals surface area contributed by atoms with Crippen LogP contribution < -0.4 is 10.6 Å². The monoisotopic (exact) mass is 569 g/mol. The number of amides is 2. The van der Waals surface area contributed by atoms with E-state index in [2.05, 4.69) is 31.5 Å². The fourth-order valence-electron chi connectivity index (χ4n) is 4.78. The van der Waals surface area contributed by atoms with Crippen molar-refractivity contribution in [2.45, 2.75) is 38.6 Å². The summed E-state index contributed by atoms with van der Waals surface area (Å²) in [5.74, 6) is -0.419. The second kappa shape index (κ2) is 11.4. The quantitative estimate of drug-likeness (QED) is 0.433. The summed E-state index contributed by atoms with van der Waals surface area (Å²) in [6, 6.07) is 9.13. The Morgan fingerprint density at radius 1 is 1.25 bits per heavy atom. The van der Waals surface area contributed by atoms with E-state index in [0.717, 1.165) is 39.5 Å².